The molecule has 0 saturated heterocycles. The van der Waals surface area contributed by atoms with Gasteiger partial charge in [0.25, 0.3) is 0 Å². The zero-order chi connectivity index (χ0) is 13.4. The van der Waals surface area contributed by atoms with Gasteiger partial charge in [-0.25, -0.2) is 4.79 Å². The Kier molecular flexibility index (Phi) is 3.14. The number of aliphatic hydroxyl groups is 2. The summed E-state index contributed by atoms with van der Waals surface area (Å²) < 4.78 is 1.68. The first kappa shape index (κ1) is 12.4. The van der Waals surface area contributed by atoms with Gasteiger partial charge in [-0.15, -0.1) is 0 Å². The monoisotopic (exact) mass is 263 g/mol. The van der Waals surface area contributed by atoms with Gasteiger partial charge in [0.2, 0.25) is 0 Å². The highest BCUT2D eigenvalue weighted by Gasteiger charge is 2.27. The van der Waals surface area contributed by atoms with Crippen molar-refractivity contribution in [3.8, 4) is 0 Å². The summed E-state index contributed by atoms with van der Waals surface area (Å²) in [6.45, 7) is 1.01. The standard InChI is InChI=1S/C13H17N3O3/c17-7-5-14-10-4-6-16-11-8(12(10)18)2-1-3-9(11)15-13(16)19/h1-3,10,12,14,17-18H,4-7H2,(H,15,19). The molecule has 102 valence electrons. The third kappa shape index (κ3) is 1.98. The van der Waals surface area contributed by atoms with Gasteiger partial charge in [-0.1, -0.05) is 12.1 Å². The molecule has 2 unspecified atom stereocenters. The average Bonchev–Trinajstić information content (AvgIpc) is 2.65. The highest BCUT2D eigenvalue weighted by atomic mass is 16.3. The maximum atomic E-state index is 11.9. The fraction of sp³-hybridized carbons (Fsp3) is 0.462. The molecule has 2 aromatic rings. The molecule has 0 amide bonds. The number of H-pyrrole nitrogens is 1. The Hall–Kier alpha value is -1.63. The molecule has 6 heteroatoms. The van der Waals surface area contributed by atoms with Crippen LogP contribution in [-0.4, -0.2) is 39.0 Å². The summed E-state index contributed by atoms with van der Waals surface area (Å²) in [7, 11) is 0. The van der Waals surface area contributed by atoms with Crippen LogP contribution in [0, 0.1) is 0 Å². The molecule has 0 radical (unpaired) electrons. The zero-order valence-electron chi connectivity index (χ0n) is 10.5. The van der Waals surface area contributed by atoms with Crippen molar-refractivity contribution in [1.82, 2.24) is 14.9 Å². The SMILES string of the molecule is O=c1[nH]c2cccc3c2n1CCC(NCCO)C3O. The van der Waals surface area contributed by atoms with Crippen LogP contribution in [-0.2, 0) is 6.54 Å². The Morgan fingerprint density at radius 1 is 1.47 bits per heavy atom. The molecule has 2 atom stereocenters. The molecule has 1 aromatic heterocycles. The van der Waals surface area contributed by atoms with Crippen molar-refractivity contribution in [3.63, 3.8) is 0 Å². The smallest absolute Gasteiger partial charge is 0.326 e. The molecule has 0 saturated carbocycles. The van der Waals surface area contributed by atoms with E-state index in [0.717, 1.165) is 16.6 Å². The Balaban J connectivity index is 2.09. The molecular formula is C13H17N3O3. The van der Waals surface area contributed by atoms with Gasteiger partial charge in [0.1, 0.15) is 0 Å². The van der Waals surface area contributed by atoms with Crippen molar-refractivity contribution in [2.75, 3.05) is 13.2 Å². The van der Waals surface area contributed by atoms with Crippen LogP contribution in [0.5, 0.6) is 0 Å². The number of hydrogen-bond acceptors (Lipinski definition) is 4. The van der Waals surface area contributed by atoms with Crippen LogP contribution in [0.3, 0.4) is 0 Å². The lowest BCUT2D eigenvalue weighted by Gasteiger charge is -2.22. The van der Waals surface area contributed by atoms with E-state index in [1.165, 1.54) is 0 Å². The van der Waals surface area contributed by atoms with Gasteiger partial charge in [-0.3, -0.25) is 4.57 Å². The minimum atomic E-state index is -0.681. The van der Waals surface area contributed by atoms with Crippen molar-refractivity contribution in [2.45, 2.75) is 25.1 Å². The van der Waals surface area contributed by atoms with Gasteiger partial charge in [0.15, 0.2) is 0 Å². The molecule has 6 nitrogen and oxygen atoms in total. The van der Waals surface area contributed by atoms with E-state index in [9.17, 15) is 9.90 Å². The predicted molar refractivity (Wildman–Crippen MR) is 71.0 cm³/mol. The number of benzene rings is 1. The number of nitrogens with zero attached hydrogens (tertiary/aromatic N) is 1. The fourth-order valence-corrected chi connectivity index (χ4v) is 2.81. The van der Waals surface area contributed by atoms with E-state index in [1.807, 2.05) is 18.2 Å². The summed E-state index contributed by atoms with van der Waals surface area (Å²) in [6, 6.07) is 5.35. The third-order valence-corrected chi connectivity index (χ3v) is 3.71. The molecule has 0 aliphatic carbocycles. The van der Waals surface area contributed by atoms with E-state index in [0.29, 0.717) is 19.5 Å². The molecule has 0 spiro atoms. The van der Waals surface area contributed by atoms with Crippen molar-refractivity contribution in [3.05, 3.63) is 34.2 Å². The minimum Gasteiger partial charge on any atom is -0.395 e. The lowest BCUT2D eigenvalue weighted by molar-refractivity contribution is 0.121. The Morgan fingerprint density at radius 3 is 3.11 bits per heavy atom. The van der Waals surface area contributed by atoms with E-state index in [-0.39, 0.29) is 18.3 Å². The average molecular weight is 263 g/mol. The lowest BCUT2D eigenvalue weighted by Crippen LogP contribution is -2.37. The topological polar surface area (TPSA) is 90.3 Å². The summed E-state index contributed by atoms with van der Waals surface area (Å²) in [5.41, 5.74) is 2.15. The van der Waals surface area contributed by atoms with E-state index in [2.05, 4.69) is 10.3 Å². The first-order valence-electron chi connectivity index (χ1n) is 6.46. The number of aromatic amines is 1. The van der Waals surface area contributed by atoms with E-state index in [4.69, 9.17) is 5.11 Å². The number of aromatic nitrogens is 2. The van der Waals surface area contributed by atoms with Crippen LogP contribution in [0.2, 0.25) is 0 Å². The first-order chi connectivity index (χ1) is 9.22. The van der Waals surface area contributed by atoms with Crippen LogP contribution in [0.25, 0.3) is 11.0 Å². The van der Waals surface area contributed by atoms with Crippen LogP contribution in [0.15, 0.2) is 23.0 Å². The number of imidazole rings is 1. The number of nitrogens with one attached hydrogen (secondary N) is 2. The second-order valence-electron chi connectivity index (χ2n) is 4.84. The Morgan fingerprint density at radius 2 is 2.32 bits per heavy atom. The molecule has 0 bridgehead atoms. The number of para-hydroxylation sites is 1. The maximum Gasteiger partial charge on any atom is 0.326 e. The fourth-order valence-electron chi connectivity index (χ4n) is 2.81. The Labute approximate surface area is 109 Å². The number of aryl methyl sites for hydroxylation is 1. The normalized spacial score (nSPS) is 22.6. The van der Waals surface area contributed by atoms with Crippen LogP contribution in [0.4, 0.5) is 0 Å². The van der Waals surface area contributed by atoms with Crippen molar-refractivity contribution in [2.24, 2.45) is 0 Å². The van der Waals surface area contributed by atoms with E-state index in [1.54, 1.807) is 4.57 Å². The first-order valence-corrected chi connectivity index (χ1v) is 6.46. The molecule has 0 fully saturated rings. The summed E-state index contributed by atoms with van der Waals surface area (Å²) in [5, 5.41) is 22.5. The van der Waals surface area contributed by atoms with Crippen LogP contribution in [0.1, 0.15) is 18.1 Å². The summed E-state index contributed by atoms with van der Waals surface area (Å²) in [4.78, 5) is 14.7. The van der Waals surface area contributed by atoms with Gasteiger partial charge in [0, 0.05) is 24.7 Å². The van der Waals surface area contributed by atoms with Gasteiger partial charge >= 0.3 is 5.69 Å². The number of aliphatic hydroxyl groups excluding tert-OH is 2. The van der Waals surface area contributed by atoms with E-state index >= 15 is 0 Å². The maximum absolute atomic E-state index is 11.9. The molecule has 1 aliphatic rings. The summed E-state index contributed by atoms with van der Waals surface area (Å²) >= 11 is 0. The predicted octanol–water partition coefficient (Wildman–Crippen LogP) is -0.283. The second kappa shape index (κ2) is 4.80. The Bertz CT molecular complexity index is 646. The van der Waals surface area contributed by atoms with Crippen molar-refractivity contribution in [1.29, 1.82) is 0 Å². The van der Waals surface area contributed by atoms with Gasteiger partial charge in [-0.2, -0.15) is 0 Å². The largest absolute Gasteiger partial charge is 0.395 e. The third-order valence-electron chi connectivity index (χ3n) is 3.71. The quantitative estimate of drug-likeness (QED) is 0.613. The number of rotatable bonds is 3. The van der Waals surface area contributed by atoms with Crippen molar-refractivity contribution < 1.29 is 10.2 Å². The zero-order valence-corrected chi connectivity index (χ0v) is 10.5. The van der Waals surface area contributed by atoms with E-state index < -0.39 is 6.10 Å². The van der Waals surface area contributed by atoms with Gasteiger partial charge in [0.05, 0.1) is 23.7 Å². The molecular weight excluding hydrogens is 246 g/mol. The molecule has 4 N–H and O–H groups in total. The molecule has 19 heavy (non-hydrogen) atoms. The highest BCUT2D eigenvalue weighted by molar-refractivity contribution is 5.79. The van der Waals surface area contributed by atoms with Crippen LogP contribution >= 0.6 is 0 Å². The molecule has 1 aliphatic heterocycles. The minimum absolute atomic E-state index is 0.0281. The molecule has 1 aromatic carbocycles. The molecule has 3 rings (SSSR count). The van der Waals surface area contributed by atoms with Gasteiger partial charge < -0.3 is 20.5 Å². The summed E-state index contributed by atoms with van der Waals surface area (Å²) in [5.74, 6) is 0. The van der Waals surface area contributed by atoms with Crippen LogP contribution < -0.4 is 11.0 Å². The lowest BCUT2D eigenvalue weighted by atomic mass is 10.00. The second-order valence-corrected chi connectivity index (χ2v) is 4.84. The van der Waals surface area contributed by atoms with Gasteiger partial charge in [-0.05, 0) is 12.5 Å². The highest BCUT2D eigenvalue weighted by Crippen LogP contribution is 2.29. The van der Waals surface area contributed by atoms with Crippen molar-refractivity contribution >= 4 is 11.0 Å². The summed E-state index contributed by atoms with van der Waals surface area (Å²) in [6.07, 6.45) is -0.0397. The molecule has 2 heterocycles. The number of hydrogen-bond donors (Lipinski definition) is 4.